The zero-order valence-electron chi connectivity index (χ0n) is 15.1. The first kappa shape index (κ1) is 17.5. The fourth-order valence-electron chi connectivity index (χ4n) is 4.01. The molecule has 0 radical (unpaired) electrons. The Hall–Kier alpha value is -1.94. The monoisotopic (exact) mass is 413 g/mol. The van der Waals surface area contributed by atoms with E-state index in [0.29, 0.717) is 23.5 Å². The zero-order chi connectivity index (χ0) is 18.3. The maximum atomic E-state index is 10.4. The first-order chi connectivity index (χ1) is 12.5. The molecule has 3 nitrogen and oxygen atoms in total. The number of fused-ring (bicyclic) bond motifs is 3. The molecule has 4 heteroatoms. The fourth-order valence-corrected chi connectivity index (χ4v) is 4.39. The van der Waals surface area contributed by atoms with Crippen LogP contribution in [0.1, 0.15) is 43.4 Å². The van der Waals surface area contributed by atoms with Crippen LogP contribution in [0.15, 0.2) is 53.0 Å². The van der Waals surface area contributed by atoms with Gasteiger partial charge in [-0.3, -0.25) is 0 Å². The van der Waals surface area contributed by atoms with Crippen LogP contribution in [0, 0.1) is 11.8 Å². The van der Waals surface area contributed by atoms with Gasteiger partial charge in [0.2, 0.25) is 0 Å². The van der Waals surface area contributed by atoms with Gasteiger partial charge in [0.1, 0.15) is 11.5 Å². The lowest BCUT2D eigenvalue weighted by Crippen LogP contribution is -2.29. The highest BCUT2D eigenvalue weighted by atomic mass is 79.9. The number of aromatic hydroxyl groups is 1. The van der Waals surface area contributed by atoms with Crippen molar-refractivity contribution >= 4 is 21.6 Å². The van der Waals surface area contributed by atoms with E-state index in [1.54, 1.807) is 6.07 Å². The van der Waals surface area contributed by atoms with Crippen LogP contribution in [0.25, 0.3) is 0 Å². The molecule has 0 saturated carbocycles. The van der Waals surface area contributed by atoms with Crippen molar-refractivity contribution < 1.29 is 9.84 Å². The smallest absolute Gasteiger partial charge is 0.120 e. The van der Waals surface area contributed by atoms with Crippen molar-refractivity contribution in [2.75, 3.05) is 11.9 Å². The molecular weight excluding hydrogens is 390 g/mol. The van der Waals surface area contributed by atoms with Crippen LogP contribution in [0.4, 0.5) is 5.69 Å². The van der Waals surface area contributed by atoms with Gasteiger partial charge >= 0.3 is 0 Å². The Morgan fingerprint density at radius 2 is 2.04 bits per heavy atom. The van der Waals surface area contributed by atoms with Crippen molar-refractivity contribution in [3.8, 4) is 11.5 Å². The molecule has 0 aromatic heterocycles. The van der Waals surface area contributed by atoms with Gasteiger partial charge in [-0.1, -0.05) is 41.9 Å². The average Bonchev–Trinajstić information content (AvgIpc) is 3.11. The topological polar surface area (TPSA) is 41.5 Å². The van der Waals surface area contributed by atoms with Gasteiger partial charge in [0.15, 0.2) is 0 Å². The molecule has 1 heterocycles. The second-order valence-corrected chi connectivity index (χ2v) is 8.55. The zero-order valence-corrected chi connectivity index (χ0v) is 16.7. The minimum Gasteiger partial charge on any atom is -0.508 e. The van der Waals surface area contributed by atoms with Crippen molar-refractivity contribution in [3.63, 3.8) is 0 Å². The normalized spacial score (nSPS) is 23.5. The molecule has 26 heavy (non-hydrogen) atoms. The van der Waals surface area contributed by atoms with Crippen LogP contribution in [0.5, 0.6) is 11.5 Å². The van der Waals surface area contributed by atoms with Gasteiger partial charge in [0.25, 0.3) is 0 Å². The highest BCUT2D eigenvalue weighted by molar-refractivity contribution is 9.10. The van der Waals surface area contributed by atoms with Crippen LogP contribution in [0.3, 0.4) is 0 Å². The first-order valence-corrected chi connectivity index (χ1v) is 10.0. The minimum atomic E-state index is 0.0856. The molecule has 3 atom stereocenters. The van der Waals surface area contributed by atoms with Gasteiger partial charge < -0.3 is 15.2 Å². The quantitative estimate of drug-likeness (QED) is 0.602. The molecule has 0 amide bonds. The summed E-state index contributed by atoms with van der Waals surface area (Å²) in [5, 5.41) is 14.1. The molecule has 0 saturated heterocycles. The molecule has 0 bridgehead atoms. The summed E-state index contributed by atoms with van der Waals surface area (Å²) in [6.07, 6.45) is 5.57. The third-order valence-electron chi connectivity index (χ3n) is 5.24. The van der Waals surface area contributed by atoms with Crippen molar-refractivity contribution in [1.29, 1.82) is 0 Å². The second-order valence-electron chi connectivity index (χ2n) is 7.63. The third-order valence-corrected chi connectivity index (χ3v) is 5.74. The number of ether oxygens (including phenoxy) is 1. The van der Waals surface area contributed by atoms with Gasteiger partial charge in [0, 0.05) is 21.6 Å². The Balaban J connectivity index is 1.69. The van der Waals surface area contributed by atoms with E-state index in [-0.39, 0.29) is 6.04 Å². The number of halogens is 1. The van der Waals surface area contributed by atoms with E-state index in [4.69, 9.17) is 4.74 Å². The molecule has 2 aromatic rings. The van der Waals surface area contributed by atoms with Crippen molar-refractivity contribution in [2.24, 2.45) is 11.8 Å². The standard InChI is InChI=1S/C22H24BrNO2/c1-13(2)12-26-15-7-8-20-18(11-15)16-4-3-5-17(16)22(24-20)19-10-14(23)6-9-21(19)25/h3-4,6-11,13,16-17,22,24-25H,5,12H2,1-2H3. The molecular formula is C22H24BrNO2. The molecule has 1 aliphatic carbocycles. The molecule has 0 spiro atoms. The number of hydrogen-bond acceptors (Lipinski definition) is 3. The Morgan fingerprint density at radius 3 is 2.85 bits per heavy atom. The lowest BCUT2D eigenvalue weighted by Gasteiger charge is -2.38. The summed E-state index contributed by atoms with van der Waals surface area (Å²) in [4.78, 5) is 0. The summed E-state index contributed by atoms with van der Waals surface area (Å²) in [6, 6.07) is 12.1. The maximum Gasteiger partial charge on any atom is 0.120 e. The summed E-state index contributed by atoms with van der Waals surface area (Å²) in [6.45, 7) is 5.04. The summed E-state index contributed by atoms with van der Waals surface area (Å²) in [5.41, 5.74) is 3.36. The molecule has 2 N–H and O–H groups in total. The second kappa shape index (κ2) is 6.99. The van der Waals surface area contributed by atoms with Gasteiger partial charge in [-0.2, -0.15) is 0 Å². The Labute approximate surface area is 163 Å². The van der Waals surface area contributed by atoms with Crippen LogP contribution < -0.4 is 10.1 Å². The van der Waals surface area contributed by atoms with Crippen molar-refractivity contribution in [1.82, 2.24) is 0 Å². The SMILES string of the molecule is CC(C)COc1ccc2c(c1)C1C=CCC1C(c1cc(Br)ccc1O)N2. The summed E-state index contributed by atoms with van der Waals surface area (Å²) < 4.78 is 6.91. The van der Waals surface area contributed by atoms with E-state index < -0.39 is 0 Å². The number of phenolic OH excluding ortho intramolecular Hbond substituents is 1. The van der Waals surface area contributed by atoms with Crippen molar-refractivity contribution in [3.05, 3.63) is 64.1 Å². The maximum absolute atomic E-state index is 10.4. The first-order valence-electron chi connectivity index (χ1n) is 9.21. The van der Waals surface area contributed by atoms with Gasteiger partial charge in [0.05, 0.1) is 12.6 Å². The molecule has 0 fully saturated rings. The number of nitrogens with one attached hydrogen (secondary N) is 1. The number of allylic oxidation sites excluding steroid dienone is 2. The molecule has 3 unspecified atom stereocenters. The number of anilines is 1. The summed E-state index contributed by atoms with van der Waals surface area (Å²) in [7, 11) is 0. The lowest BCUT2D eigenvalue weighted by atomic mass is 9.77. The highest BCUT2D eigenvalue weighted by Crippen LogP contribution is 2.51. The van der Waals surface area contributed by atoms with E-state index in [1.807, 2.05) is 18.2 Å². The fraction of sp³-hybridized carbons (Fsp3) is 0.364. The van der Waals surface area contributed by atoms with E-state index in [1.165, 1.54) is 5.56 Å². The van der Waals surface area contributed by atoms with Gasteiger partial charge in [-0.15, -0.1) is 0 Å². The lowest BCUT2D eigenvalue weighted by molar-refractivity contribution is 0.270. The Kier molecular flexibility index (Phi) is 4.70. The highest BCUT2D eigenvalue weighted by Gasteiger charge is 2.39. The average molecular weight is 414 g/mol. The van der Waals surface area contributed by atoms with Crippen LogP contribution in [-0.2, 0) is 0 Å². The third kappa shape index (κ3) is 3.23. The van der Waals surface area contributed by atoms with Crippen LogP contribution >= 0.6 is 15.9 Å². The molecule has 1 aliphatic heterocycles. The number of benzene rings is 2. The molecule has 136 valence electrons. The minimum absolute atomic E-state index is 0.0856. The van der Waals surface area contributed by atoms with Crippen LogP contribution in [0.2, 0.25) is 0 Å². The van der Waals surface area contributed by atoms with E-state index in [2.05, 4.69) is 59.4 Å². The number of phenols is 1. The molecule has 2 aromatic carbocycles. The largest absolute Gasteiger partial charge is 0.508 e. The number of hydrogen-bond donors (Lipinski definition) is 2. The predicted molar refractivity (Wildman–Crippen MR) is 109 cm³/mol. The van der Waals surface area contributed by atoms with E-state index in [0.717, 1.165) is 34.5 Å². The summed E-state index contributed by atoms with van der Waals surface area (Å²) in [5.74, 6) is 2.52. The molecule has 2 aliphatic rings. The van der Waals surface area contributed by atoms with Gasteiger partial charge in [-0.25, -0.2) is 0 Å². The van der Waals surface area contributed by atoms with Gasteiger partial charge in [-0.05, 0) is 60.2 Å². The Bertz CT molecular complexity index is 846. The number of rotatable bonds is 4. The van der Waals surface area contributed by atoms with E-state index in [9.17, 15) is 5.11 Å². The van der Waals surface area contributed by atoms with E-state index >= 15 is 0 Å². The summed E-state index contributed by atoms with van der Waals surface area (Å²) >= 11 is 3.53. The Morgan fingerprint density at radius 1 is 1.19 bits per heavy atom. The van der Waals surface area contributed by atoms with Crippen LogP contribution in [-0.4, -0.2) is 11.7 Å². The predicted octanol–water partition coefficient (Wildman–Crippen LogP) is 6.02. The molecule has 4 rings (SSSR count). The van der Waals surface area contributed by atoms with Crippen molar-refractivity contribution in [2.45, 2.75) is 32.2 Å².